The Labute approximate surface area is 94.7 Å². The molecule has 1 aromatic carbocycles. The summed E-state index contributed by atoms with van der Waals surface area (Å²) in [5.74, 6) is 0.501. The Hall–Kier alpha value is -1.81. The van der Waals surface area contributed by atoms with Crippen molar-refractivity contribution in [3.8, 4) is 5.69 Å². The molecule has 0 saturated heterocycles. The predicted octanol–water partition coefficient (Wildman–Crippen LogP) is 1.91. The first-order valence-electron chi connectivity index (χ1n) is 5.11. The molecular weight excluding hydrogens is 202 g/mol. The number of benzene rings is 1. The van der Waals surface area contributed by atoms with E-state index >= 15 is 0 Å². The molecule has 0 amide bonds. The molecule has 1 heterocycles. The maximum Gasteiger partial charge on any atom is 0.205 e. The van der Waals surface area contributed by atoms with E-state index in [1.54, 1.807) is 7.11 Å². The molecule has 0 bridgehead atoms. The molecule has 0 spiro atoms. The van der Waals surface area contributed by atoms with Gasteiger partial charge in [0.15, 0.2) is 0 Å². The van der Waals surface area contributed by atoms with Gasteiger partial charge in [0.05, 0.1) is 18.0 Å². The minimum absolute atomic E-state index is 0.501. The highest BCUT2D eigenvalue weighted by Gasteiger charge is 2.07. The largest absolute Gasteiger partial charge is 0.380 e. The highest BCUT2D eigenvalue weighted by molar-refractivity contribution is 5.46. The normalized spacial score (nSPS) is 10.6. The number of aromatic nitrogens is 2. The monoisotopic (exact) mass is 217 g/mol. The summed E-state index contributed by atoms with van der Waals surface area (Å²) < 4.78 is 7.04. The van der Waals surface area contributed by atoms with Gasteiger partial charge >= 0.3 is 0 Å². The molecule has 0 radical (unpaired) electrons. The Morgan fingerprint density at radius 1 is 1.38 bits per heavy atom. The summed E-state index contributed by atoms with van der Waals surface area (Å²) >= 11 is 0. The zero-order valence-electron chi connectivity index (χ0n) is 9.47. The van der Waals surface area contributed by atoms with Gasteiger partial charge in [-0.25, -0.2) is 4.98 Å². The molecule has 16 heavy (non-hydrogen) atoms. The summed E-state index contributed by atoms with van der Waals surface area (Å²) in [7, 11) is 1.68. The third-order valence-corrected chi connectivity index (χ3v) is 2.40. The number of para-hydroxylation sites is 1. The SMILES string of the molecule is COCc1ccccc1-n1cc(C)nc1N. The average molecular weight is 217 g/mol. The maximum atomic E-state index is 5.85. The Kier molecular flexibility index (Phi) is 2.92. The molecule has 2 aromatic rings. The summed E-state index contributed by atoms with van der Waals surface area (Å²) in [6.45, 7) is 2.48. The van der Waals surface area contributed by atoms with E-state index in [2.05, 4.69) is 4.98 Å². The summed E-state index contributed by atoms with van der Waals surface area (Å²) in [6, 6.07) is 7.99. The Morgan fingerprint density at radius 3 is 2.75 bits per heavy atom. The van der Waals surface area contributed by atoms with Gasteiger partial charge in [-0.3, -0.25) is 4.57 Å². The van der Waals surface area contributed by atoms with Crippen LogP contribution >= 0.6 is 0 Å². The fraction of sp³-hybridized carbons (Fsp3) is 0.250. The quantitative estimate of drug-likeness (QED) is 0.854. The van der Waals surface area contributed by atoms with Gasteiger partial charge in [0.1, 0.15) is 0 Å². The first-order chi connectivity index (χ1) is 7.72. The summed E-state index contributed by atoms with van der Waals surface area (Å²) in [5.41, 5.74) is 8.86. The molecule has 0 aliphatic rings. The van der Waals surface area contributed by atoms with Crippen LogP contribution < -0.4 is 5.73 Å². The van der Waals surface area contributed by atoms with Crippen LogP contribution in [0.2, 0.25) is 0 Å². The zero-order valence-corrected chi connectivity index (χ0v) is 9.47. The van der Waals surface area contributed by atoms with Gasteiger partial charge in [0.2, 0.25) is 5.95 Å². The Bertz CT molecular complexity index is 491. The summed E-state index contributed by atoms with van der Waals surface area (Å²) in [6.07, 6.45) is 1.92. The fourth-order valence-corrected chi connectivity index (χ4v) is 1.73. The molecule has 1 aromatic heterocycles. The van der Waals surface area contributed by atoms with E-state index in [1.165, 1.54) is 0 Å². The first-order valence-corrected chi connectivity index (χ1v) is 5.11. The highest BCUT2D eigenvalue weighted by atomic mass is 16.5. The number of rotatable bonds is 3. The topological polar surface area (TPSA) is 53.1 Å². The van der Waals surface area contributed by atoms with Crippen LogP contribution in [0.4, 0.5) is 5.95 Å². The van der Waals surface area contributed by atoms with Gasteiger partial charge in [-0.05, 0) is 13.0 Å². The fourth-order valence-electron chi connectivity index (χ4n) is 1.73. The molecule has 2 rings (SSSR count). The van der Waals surface area contributed by atoms with Crippen LogP contribution in [0, 0.1) is 6.92 Å². The number of ether oxygens (including phenoxy) is 1. The number of hydrogen-bond donors (Lipinski definition) is 1. The van der Waals surface area contributed by atoms with Crippen molar-refractivity contribution >= 4 is 5.95 Å². The predicted molar refractivity (Wildman–Crippen MR) is 63.4 cm³/mol. The van der Waals surface area contributed by atoms with Crippen LogP contribution in [0.25, 0.3) is 5.69 Å². The third kappa shape index (κ3) is 1.92. The Balaban J connectivity index is 2.50. The van der Waals surface area contributed by atoms with Crippen molar-refractivity contribution in [2.24, 2.45) is 0 Å². The number of anilines is 1. The van der Waals surface area contributed by atoms with Crippen LogP contribution in [-0.4, -0.2) is 16.7 Å². The minimum atomic E-state index is 0.501. The molecule has 0 atom stereocenters. The number of nitrogens with two attached hydrogens (primary N) is 1. The number of aryl methyl sites for hydroxylation is 1. The van der Waals surface area contributed by atoms with Gasteiger partial charge in [-0.15, -0.1) is 0 Å². The smallest absolute Gasteiger partial charge is 0.205 e. The molecule has 0 unspecified atom stereocenters. The lowest BCUT2D eigenvalue weighted by Gasteiger charge is -2.10. The van der Waals surface area contributed by atoms with Gasteiger partial charge in [0, 0.05) is 18.9 Å². The molecular formula is C12H15N3O. The average Bonchev–Trinajstić information content (AvgIpc) is 2.59. The molecule has 0 aliphatic heterocycles. The number of imidazole rings is 1. The third-order valence-electron chi connectivity index (χ3n) is 2.40. The van der Waals surface area contributed by atoms with Crippen molar-refractivity contribution < 1.29 is 4.74 Å². The minimum Gasteiger partial charge on any atom is -0.380 e. The second-order valence-electron chi connectivity index (χ2n) is 3.67. The van der Waals surface area contributed by atoms with Gasteiger partial charge in [-0.1, -0.05) is 18.2 Å². The molecule has 0 saturated carbocycles. The molecule has 0 aliphatic carbocycles. The van der Waals surface area contributed by atoms with Crippen LogP contribution in [0.1, 0.15) is 11.3 Å². The van der Waals surface area contributed by atoms with E-state index in [4.69, 9.17) is 10.5 Å². The number of nitrogen functional groups attached to an aromatic ring is 1. The maximum absolute atomic E-state index is 5.85. The second-order valence-corrected chi connectivity index (χ2v) is 3.67. The van der Waals surface area contributed by atoms with Crippen molar-refractivity contribution in [3.05, 3.63) is 41.7 Å². The highest BCUT2D eigenvalue weighted by Crippen LogP contribution is 2.19. The zero-order chi connectivity index (χ0) is 11.5. The summed E-state index contributed by atoms with van der Waals surface area (Å²) in [4.78, 5) is 4.19. The number of methoxy groups -OCH3 is 1. The standard InChI is InChI=1S/C12H15N3O/c1-9-7-15(12(13)14-9)11-6-4-3-5-10(11)8-16-2/h3-7H,8H2,1-2H3,(H2,13,14). The van der Waals surface area contributed by atoms with E-state index in [-0.39, 0.29) is 0 Å². The lowest BCUT2D eigenvalue weighted by Crippen LogP contribution is -2.03. The van der Waals surface area contributed by atoms with Crippen LogP contribution in [-0.2, 0) is 11.3 Å². The van der Waals surface area contributed by atoms with E-state index in [9.17, 15) is 0 Å². The molecule has 4 nitrogen and oxygen atoms in total. The lowest BCUT2D eigenvalue weighted by atomic mass is 10.2. The van der Waals surface area contributed by atoms with Gasteiger partial charge in [-0.2, -0.15) is 0 Å². The van der Waals surface area contributed by atoms with Crippen LogP contribution in [0.15, 0.2) is 30.5 Å². The van der Waals surface area contributed by atoms with Crippen molar-refractivity contribution in [2.75, 3.05) is 12.8 Å². The summed E-state index contributed by atoms with van der Waals surface area (Å²) in [5, 5.41) is 0. The van der Waals surface area contributed by atoms with Gasteiger partial charge in [0.25, 0.3) is 0 Å². The molecule has 2 N–H and O–H groups in total. The van der Waals surface area contributed by atoms with Crippen molar-refractivity contribution in [3.63, 3.8) is 0 Å². The molecule has 4 heteroatoms. The second kappa shape index (κ2) is 4.37. The Morgan fingerprint density at radius 2 is 2.12 bits per heavy atom. The molecule has 0 fully saturated rings. The van der Waals surface area contributed by atoms with E-state index in [0.29, 0.717) is 12.6 Å². The van der Waals surface area contributed by atoms with Crippen LogP contribution in [0.5, 0.6) is 0 Å². The van der Waals surface area contributed by atoms with Gasteiger partial charge < -0.3 is 10.5 Å². The van der Waals surface area contributed by atoms with Crippen molar-refractivity contribution in [1.82, 2.24) is 9.55 Å². The number of nitrogens with zero attached hydrogens (tertiary/aromatic N) is 2. The molecule has 84 valence electrons. The lowest BCUT2D eigenvalue weighted by molar-refractivity contribution is 0.185. The van der Waals surface area contributed by atoms with Crippen LogP contribution in [0.3, 0.4) is 0 Å². The van der Waals surface area contributed by atoms with E-state index in [0.717, 1.165) is 16.9 Å². The first kappa shape index (κ1) is 10.7. The van der Waals surface area contributed by atoms with Crippen molar-refractivity contribution in [2.45, 2.75) is 13.5 Å². The number of hydrogen-bond acceptors (Lipinski definition) is 3. The van der Waals surface area contributed by atoms with E-state index in [1.807, 2.05) is 42.0 Å². The van der Waals surface area contributed by atoms with Crippen molar-refractivity contribution in [1.29, 1.82) is 0 Å². The van der Waals surface area contributed by atoms with E-state index < -0.39 is 0 Å².